The molecule has 0 radical (unpaired) electrons. The van der Waals surface area contributed by atoms with E-state index in [1.165, 1.54) is 9.58 Å². The lowest BCUT2D eigenvalue weighted by molar-refractivity contribution is -0.157. The van der Waals surface area contributed by atoms with Crippen LogP contribution in [0.5, 0.6) is 0 Å². The van der Waals surface area contributed by atoms with E-state index in [9.17, 15) is 18.9 Å². The molecular formula is C22H28FN5O3. The second kappa shape index (κ2) is 7.62. The Bertz CT molecular complexity index is 1040. The van der Waals surface area contributed by atoms with Crippen LogP contribution >= 0.6 is 0 Å². The Morgan fingerprint density at radius 2 is 1.94 bits per heavy atom. The summed E-state index contributed by atoms with van der Waals surface area (Å²) in [5.74, 6) is -1.40. The molecular weight excluding hydrogens is 401 g/mol. The largest absolute Gasteiger partial charge is 0.364 e. The highest BCUT2D eigenvalue weighted by Gasteiger charge is 2.56. The second-order valence-corrected chi connectivity index (χ2v) is 9.74. The zero-order valence-corrected chi connectivity index (χ0v) is 18.0. The minimum absolute atomic E-state index is 0.00195. The average molecular weight is 429 g/mol. The number of halogens is 1. The number of primary amides is 1. The van der Waals surface area contributed by atoms with Crippen LogP contribution in [0.3, 0.4) is 0 Å². The molecule has 4 rings (SSSR count). The predicted molar refractivity (Wildman–Crippen MR) is 112 cm³/mol. The molecule has 3 amide bonds. The molecule has 1 aliphatic carbocycles. The Hall–Kier alpha value is -2.97. The minimum atomic E-state index is -0.793. The number of nitrogens with two attached hydrogens (primary N) is 1. The number of carbonyl (C=O) groups excluding carboxylic acids is 3. The molecule has 0 bridgehead atoms. The Morgan fingerprint density at radius 3 is 2.61 bits per heavy atom. The van der Waals surface area contributed by atoms with Gasteiger partial charge in [-0.1, -0.05) is 43.5 Å². The van der Waals surface area contributed by atoms with Crippen molar-refractivity contribution >= 4 is 28.6 Å². The highest BCUT2D eigenvalue weighted by Crippen LogP contribution is 2.48. The number of hydrogen-bond acceptors (Lipinski definition) is 4. The number of amides is 3. The monoisotopic (exact) mass is 429 g/mol. The third-order valence-corrected chi connectivity index (χ3v) is 6.15. The summed E-state index contributed by atoms with van der Waals surface area (Å²) >= 11 is 0. The van der Waals surface area contributed by atoms with E-state index >= 15 is 0 Å². The van der Waals surface area contributed by atoms with Crippen molar-refractivity contribution in [2.24, 2.45) is 17.1 Å². The molecule has 1 aromatic carbocycles. The fraction of sp³-hybridized carbons (Fsp3) is 0.545. The van der Waals surface area contributed by atoms with Gasteiger partial charge in [0.2, 0.25) is 5.91 Å². The molecule has 1 aliphatic heterocycles. The van der Waals surface area contributed by atoms with Crippen molar-refractivity contribution in [3.8, 4) is 0 Å². The van der Waals surface area contributed by atoms with Crippen LogP contribution in [-0.2, 0) is 16.1 Å². The van der Waals surface area contributed by atoms with Crippen molar-refractivity contribution < 1.29 is 18.9 Å². The van der Waals surface area contributed by atoms with Gasteiger partial charge in [0, 0.05) is 11.4 Å². The van der Waals surface area contributed by atoms with Crippen LogP contribution in [0.15, 0.2) is 24.3 Å². The molecule has 2 fully saturated rings. The van der Waals surface area contributed by atoms with Crippen molar-refractivity contribution in [1.82, 2.24) is 19.8 Å². The van der Waals surface area contributed by atoms with E-state index < -0.39 is 17.9 Å². The number of benzene rings is 1. The number of hydrogen-bond donors (Lipinski definition) is 1. The van der Waals surface area contributed by atoms with Crippen LogP contribution in [0.4, 0.5) is 4.48 Å². The van der Waals surface area contributed by atoms with Crippen LogP contribution in [0.1, 0.15) is 50.5 Å². The fourth-order valence-electron chi connectivity index (χ4n) is 4.38. The number of carbonyl (C=O) groups is 3. The summed E-state index contributed by atoms with van der Waals surface area (Å²) in [7, 11) is 0. The van der Waals surface area contributed by atoms with Crippen molar-refractivity contribution in [2.45, 2.75) is 58.7 Å². The second-order valence-electron chi connectivity index (χ2n) is 9.74. The van der Waals surface area contributed by atoms with Gasteiger partial charge in [-0.05, 0) is 36.7 Å². The highest BCUT2D eigenvalue weighted by atomic mass is 19.2. The topological polar surface area (TPSA) is 102 Å². The molecule has 1 aromatic heterocycles. The highest BCUT2D eigenvalue weighted by molar-refractivity contribution is 6.04. The molecule has 31 heavy (non-hydrogen) atoms. The first-order valence-electron chi connectivity index (χ1n) is 10.6. The molecule has 3 atom stereocenters. The zero-order chi connectivity index (χ0) is 22.5. The summed E-state index contributed by atoms with van der Waals surface area (Å²) in [6.07, 6.45) is 1.84. The van der Waals surface area contributed by atoms with E-state index in [4.69, 9.17) is 5.73 Å². The number of para-hydroxylation sites is 1. The first-order valence-corrected chi connectivity index (χ1v) is 10.6. The van der Waals surface area contributed by atoms with E-state index in [0.717, 1.165) is 6.42 Å². The summed E-state index contributed by atoms with van der Waals surface area (Å²) in [4.78, 5) is 39.2. The van der Waals surface area contributed by atoms with Crippen molar-refractivity contribution in [3.63, 3.8) is 0 Å². The minimum Gasteiger partial charge on any atom is -0.364 e. The van der Waals surface area contributed by atoms with Crippen LogP contribution in [0.2, 0.25) is 0 Å². The standard InChI is InChI=1S/C22H28FN5O3/c1-22(2,3)8-9-26(23)21(31)17-11-13-10-16(13)28(17)18(29)12-27-15-7-5-4-6-14(15)19(25-27)20(24)30/h4-7,13,16-17H,8-12H2,1-3H3,(H2,24,30)/t13-,16-,17+/m1/s1. The van der Waals surface area contributed by atoms with Crippen molar-refractivity contribution in [2.75, 3.05) is 6.54 Å². The number of fused-ring (bicyclic) bond motifs is 2. The molecule has 2 aromatic rings. The molecule has 0 spiro atoms. The van der Waals surface area contributed by atoms with E-state index in [2.05, 4.69) is 5.10 Å². The fourth-order valence-corrected chi connectivity index (χ4v) is 4.38. The van der Waals surface area contributed by atoms with Gasteiger partial charge in [-0.25, -0.2) is 0 Å². The number of aromatic nitrogens is 2. The van der Waals surface area contributed by atoms with Gasteiger partial charge in [-0.3, -0.25) is 19.1 Å². The smallest absolute Gasteiger partial charge is 0.273 e. The van der Waals surface area contributed by atoms with E-state index in [1.807, 2.05) is 20.8 Å². The Labute approximate surface area is 180 Å². The first-order chi connectivity index (χ1) is 14.6. The number of likely N-dealkylation sites (tertiary alicyclic amines) is 1. The lowest BCUT2D eigenvalue weighted by Crippen LogP contribution is -2.48. The average Bonchev–Trinajstić information content (AvgIpc) is 3.21. The molecule has 1 saturated heterocycles. The Morgan fingerprint density at radius 1 is 1.23 bits per heavy atom. The SMILES string of the molecule is CC(C)(C)CCN(F)C(=O)[C@@H]1C[C@H]2C[C@H]2N1C(=O)Cn1nc(C(N)=O)c2ccccc21. The lowest BCUT2D eigenvalue weighted by Gasteiger charge is -2.29. The molecule has 8 nitrogen and oxygen atoms in total. The zero-order valence-electron chi connectivity index (χ0n) is 18.0. The van der Waals surface area contributed by atoms with Crippen LogP contribution in [0, 0.1) is 11.3 Å². The summed E-state index contributed by atoms with van der Waals surface area (Å²) in [6, 6.07) is 6.20. The van der Waals surface area contributed by atoms with E-state index in [-0.39, 0.29) is 47.2 Å². The summed E-state index contributed by atoms with van der Waals surface area (Å²) < 4.78 is 16.0. The number of piperidine rings is 1. The van der Waals surface area contributed by atoms with Gasteiger partial charge in [0.15, 0.2) is 5.69 Å². The van der Waals surface area contributed by atoms with E-state index in [0.29, 0.717) is 23.7 Å². The third kappa shape index (κ3) is 4.13. The Kier molecular flexibility index (Phi) is 5.23. The van der Waals surface area contributed by atoms with Gasteiger partial charge < -0.3 is 10.6 Å². The van der Waals surface area contributed by atoms with Gasteiger partial charge in [-0.2, -0.15) is 10.2 Å². The van der Waals surface area contributed by atoms with E-state index in [1.54, 1.807) is 24.3 Å². The van der Waals surface area contributed by atoms with Crippen LogP contribution in [-0.4, -0.2) is 56.2 Å². The summed E-state index contributed by atoms with van der Waals surface area (Å²) in [5, 5.41) is 5.05. The molecule has 1 saturated carbocycles. The molecule has 9 heteroatoms. The quantitative estimate of drug-likeness (QED) is 0.712. The van der Waals surface area contributed by atoms with Crippen LogP contribution in [0.25, 0.3) is 10.9 Å². The van der Waals surface area contributed by atoms with Crippen molar-refractivity contribution in [1.29, 1.82) is 0 Å². The van der Waals surface area contributed by atoms with Crippen LogP contribution < -0.4 is 5.73 Å². The van der Waals surface area contributed by atoms with Gasteiger partial charge >= 0.3 is 0 Å². The third-order valence-electron chi connectivity index (χ3n) is 6.15. The normalized spacial score (nSPS) is 22.5. The Balaban J connectivity index is 1.52. The predicted octanol–water partition coefficient (Wildman–Crippen LogP) is 2.27. The molecule has 2 aliphatic rings. The summed E-state index contributed by atoms with van der Waals surface area (Å²) in [6.45, 7) is 5.82. The van der Waals surface area contributed by atoms with Gasteiger partial charge in [0.05, 0.1) is 12.1 Å². The number of rotatable bonds is 6. The van der Waals surface area contributed by atoms with Gasteiger partial charge in [-0.15, -0.1) is 0 Å². The lowest BCUT2D eigenvalue weighted by atomic mass is 9.92. The summed E-state index contributed by atoms with van der Waals surface area (Å²) in [5.41, 5.74) is 6.03. The molecule has 2 N–H and O–H groups in total. The maximum atomic E-state index is 14.6. The molecule has 2 heterocycles. The van der Waals surface area contributed by atoms with Gasteiger partial charge in [0.1, 0.15) is 12.6 Å². The molecule has 166 valence electrons. The molecule has 0 unspecified atom stereocenters. The van der Waals surface area contributed by atoms with Crippen molar-refractivity contribution in [3.05, 3.63) is 30.0 Å². The maximum absolute atomic E-state index is 14.6. The first kappa shape index (κ1) is 21.3. The number of nitrogens with zero attached hydrogens (tertiary/aromatic N) is 4. The van der Waals surface area contributed by atoms with Gasteiger partial charge in [0.25, 0.3) is 11.8 Å². The maximum Gasteiger partial charge on any atom is 0.273 e.